The summed E-state index contributed by atoms with van der Waals surface area (Å²) in [5, 5.41) is 5.19. The van der Waals surface area contributed by atoms with Crippen molar-refractivity contribution in [1.29, 1.82) is 0 Å². The van der Waals surface area contributed by atoms with Crippen LogP contribution in [0.3, 0.4) is 0 Å². The second-order valence-corrected chi connectivity index (χ2v) is 22.7. The topological polar surface area (TPSA) is 43.4 Å². The van der Waals surface area contributed by atoms with Crippen LogP contribution in [0.25, 0.3) is 20.2 Å². The van der Waals surface area contributed by atoms with Crippen LogP contribution >= 0.6 is 22.7 Å². The maximum atomic E-state index is 6.25. The Balaban J connectivity index is 1.35. The summed E-state index contributed by atoms with van der Waals surface area (Å²) >= 11 is 3.84. The molecule has 6 heterocycles. The molecule has 0 fully saturated rings. The zero-order chi connectivity index (χ0) is 42.8. The van der Waals surface area contributed by atoms with Gasteiger partial charge in [0.25, 0.3) is 6.71 Å². The molecule has 61 heavy (non-hydrogen) atoms. The van der Waals surface area contributed by atoms with Gasteiger partial charge in [0.15, 0.2) is 23.0 Å². The molecule has 0 radical (unpaired) electrons. The van der Waals surface area contributed by atoms with Crippen molar-refractivity contribution < 1.29 is 18.9 Å². The van der Waals surface area contributed by atoms with Crippen LogP contribution in [0.2, 0.25) is 0 Å². The lowest BCUT2D eigenvalue weighted by Crippen LogP contribution is -2.61. The molecular weight excluding hydrogens is 792 g/mol. The minimum atomic E-state index is -0.152. The van der Waals surface area contributed by atoms with E-state index in [0.29, 0.717) is 0 Å². The Kier molecular flexibility index (Phi) is 8.09. The van der Waals surface area contributed by atoms with Gasteiger partial charge >= 0.3 is 0 Å². The van der Waals surface area contributed by atoms with Crippen LogP contribution in [0.1, 0.15) is 101 Å². The van der Waals surface area contributed by atoms with E-state index in [1.165, 1.54) is 74.6 Å². The number of hydrogen-bond donors (Lipinski definition) is 0. The van der Waals surface area contributed by atoms with Crippen molar-refractivity contribution in [3.8, 4) is 23.0 Å². The van der Waals surface area contributed by atoms with Crippen molar-refractivity contribution >= 4 is 98.7 Å². The Bertz CT molecular complexity index is 2870. The summed E-state index contributed by atoms with van der Waals surface area (Å²) in [5.41, 5.74) is 17.0. The molecule has 0 unspecified atom stereocenters. The molecule has 5 aromatic carbocycles. The van der Waals surface area contributed by atoms with Crippen molar-refractivity contribution in [3.63, 3.8) is 0 Å². The summed E-state index contributed by atoms with van der Waals surface area (Å²) in [5.74, 6) is 3.29. The van der Waals surface area contributed by atoms with E-state index in [-0.39, 0.29) is 36.5 Å². The Morgan fingerprint density at radius 3 is 1.30 bits per heavy atom. The third-order valence-corrected chi connectivity index (χ3v) is 15.8. The molecule has 7 aromatic rings. The first kappa shape index (κ1) is 38.8. The highest BCUT2D eigenvalue weighted by Crippen LogP contribution is 2.56. The number of benzene rings is 5. The Hall–Kier alpha value is -5.12. The van der Waals surface area contributed by atoms with E-state index in [0.717, 1.165) is 56.6 Å². The summed E-state index contributed by atoms with van der Waals surface area (Å²) in [6.45, 7) is 30.3. The molecule has 4 aliphatic heterocycles. The lowest BCUT2D eigenvalue weighted by Gasteiger charge is -2.44. The number of anilines is 6. The maximum absolute atomic E-state index is 6.25. The van der Waals surface area contributed by atoms with Crippen molar-refractivity contribution in [2.24, 2.45) is 0 Å². The molecule has 0 bridgehead atoms. The highest BCUT2D eigenvalue weighted by molar-refractivity contribution is 7.29. The molecule has 6 nitrogen and oxygen atoms in total. The van der Waals surface area contributed by atoms with Gasteiger partial charge in [0.1, 0.15) is 0 Å². The number of rotatable bonds is 2. The van der Waals surface area contributed by atoms with E-state index in [4.69, 9.17) is 18.9 Å². The van der Waals surface area contributed by atoms with Gasteiger partial charge in [-0.25, -0.2) is 0 Å². The molecule has 0 atom stereocenters. The molecule has 4 aliphatic rings. The predicted molar refractivity (Wildman–Crippen MR) is 259 cm³/mol. The number of fused-ring (bicyclic) bond motifs is 10. The molecule has 310 valence electrons. The van der Waals surface area contributed by atoms with Crippen LogP contribution in [0.15, 0.2) is 60.7 Å². The number of thiophene rings is 2. The number of nitrogens with zero attached hydrogens (tertiary/aromatic N) is 2. The van der Waals surface area contributed by atoms with Crippen molar-refractivity contribution in [2.45, 2.75) is 106 Å². The van der Waals surface area contributed by atoms with Crippen molar-refractivity contribution in [2.75, 3.05) is 23.4 Å². The van der Waals surface area contributed by atoms with Crippen LogP contribution < -0.4 is 45.1 Å². The van der Waals surface area contributed by atoms with Gasteiger partial charge in [0.05, 0.1) is 21.4 Å². The number of ether oxygens (including phenoxy) is 4. The largest absolute Gasteiger partial charge is 0.454 e. The summed E-state index contributed by atoms with van der Waals surface area (Å²) in [4.78, 5) is 5.21. The summed E-state index contributed by atoms with van der Waals surface area (Å²) < 4.78 is 27.1. The molecule has 11 rings (SSSR count). The molecule has 0 N–H and O–H groups in total. The first-order valence-corrected chi connectivity index (χ1v) is 23.2. The summed E-state index contributed by atoms with van der Waals surface area (Å²) in [7, 11) is 0. The molecule has 0 spiro atoms. The van der Waals surface area contributed by atoms with E-state index < -0.39 is 0 Å². The van der Waals surface area contributed by atoms with Crippen LogP contribution in [-0.4, -0.2) is 20.3 Å². The first-order chi connectivity index (χ1) is 28.8. The summed E-state index contributed by atoms with van der Waals surface area (Å²) in [6, 6.07) is 23.8. The highest BCUT2D eigenvalue weighted by atomic mass is 32.1. The van der Waals surface area contributed by atoms with Crippen LogP contribution in [0.4, 0.5) is 32.8 Å². The molecule has 9 heteroatoms. The lowest BCUT2D eigenvalue weighted by atomic mass is 9.33. The fourth-order valence-electron chi connectivity index (χ4n) is 10.3. The van der Waals surface area contributed by atoms with Crippen molar-refractivity contribution in [3.05, 3.63) is 99.6 Å². The molecule has 0 amide bonds. The van der Waals surface area contributed by atoms with Crippen molar-refractivity contribution in [1.82, 2.24) is 0 Å². The quantitative estimate of drug-likeness (QED) is 0.162. The van der Waals surface area contributed by atoms with Gasteiger partial charge in [0, 0.05) is 31.9 Å². The average molecular weight is 845 g/mol. The molecule has 0 saturated heterocycles. The SMILES string of the molecule is Cc1cc2c(c(C)c1N1c3cc(C(C)(C)C)cc4c3B(c3c1sc1ccc(C(C)(C)C)cc31)c1c(sc3ccc(C(C)(C)C)cc13)N4c1c(C)cc3c(c1C)OCO3)OCO2. The zero-order valence-electron chi connectivity index (χ0n) is 37.6. The van der Waals surface area contributed by atoms with E-state index in [2.05, 4.69) is 160 Å². The second-order valence-electron chi connectivity index (χ2n) is 20.6. The third kappa shape index (κ3) is 5.51. The molecule has 0 saturated carbocycles. The Labute approximate surface area is 368 Å². The fourth-order valence-corrected chi connectivity index (χ4v) is 12.7. The minimum Gasteiger partial charge on any atom is -0.454 e. The van der Waals surface area contributed by atoms with Gasteiger partial charge in [-0.05, 0) is 135 Å². The van der Waals surface area contributed by atoms with Gasteiger partial charge in [-0.15, -0.1) is 22.7 Å². The van der Waals surface area contributed by atoms with E-state index in [9.17, 15) is 0 Å². The van der Waals surface area contributed by atoms with Crippen LogP contribution in [-0.2, 0) is 16.2 Å². The normalized spacial score (nSPS) is 15.3. The fraction of sp³-hybridized carbons (Fsp3) is 0.346. The molecule has 2 aromatic heterocycles. The monoisotopic (exact) mass is 844 g/mol. The van der Waals surface area contributed by atoms with E-state index >= 15 is 0 Å². The number of aryl methyl sites for hydroxylation is 2. The first-order valence-electron chi connectivity index (χ1n) is 21.5. The predicted octanol–water partition coefficient (Wildman–Crippen LogP) is 12.8. The average Bonchev–Trinajstić information content (AvgIpc) is 3.99. The maximum Gasteiger partial charge on any atom is 0.256 e. The minimum absolute atomic E-state index is 0.0217. The third-order valence-electron chi connectivity index (χ3n) is 13.5. The van der Waals surface area contributed by atoms with Crippen LogP contribution in [0.5, 0.6) is 23.0 Å². The zero-order valence-corrected chi connectivity index (χ0v) is 39.2. The van der Waals surface area contributed by atoms with Gasteiger partial charge < -0.3 is 28.7 Å². The van der Waals surface area contributed by atoms with Gasteiger partial charge in [-0.3, -0.25) is 0 Å². The van der Waals surface area contributed by atoms with Crippen LogP contribution in [0, 0.1) is 27.7 Å². The molecular formula is C52H53BN2O4S2. The van der Waals surface area contributed by atoms with Gasteiger partial charge in [0.2, 0.25) is 13.6 Å². The Morgan fingerprint density at radius 1 is 0.492 bits per heavy atom. The number of hydrogen-bond acceptors (Lipinski definition) is 8. The second kappa shape index (κ2) is 12.7. The highest BCUT2D eigenvalue weighted by Gasteiger charge is 2.49. The smallest absolute Gasteiger partial charge is 0.256 e. The summed E-state index contributed by atoms with van der Waals surface area (Å²) in [6.07, 6.45) is 0. The lowest BCUT2D eigenvalue weighted by molar-refractivity contribution is 0.173. The van der Waals surface area contributed by atoms with E-state index in [1.807, 2.05) is 22.7 Å². The standard InChI is InChI=1S/C52H53BN2O4S2/c1-26-18-37-46(58-24-56-37)28(3)44(26)54-35-22-32(52(11,12)13)23-36-43(35)53(41-33-20-30(50(5,6)7)14-16-39(33)60-48(41)54)42-34-21-31(51(8,9)10)15-17-40(34)61-49(42)55(36)45-27(2)19-38-47(29(45)4)59-25-57-38/h14-23H,24-25H2,1-13H3. The van der Waals surface area contributed by atoms with Gasteiger partial charge in [-0.2, -0.15) is 0 Å². The Morgan fingerprint density at radius 2 is 0.902 bits per heavy atom. The van der Waals surface area contributed by atoms with Gasteiger partial charge in [-0.1, -0.05) is 86.6 Å². The van der Waals surface area contributed by atoms with E-state index in [1.54, 1.807) is 0 Å². The molecule has 0 aliphatic carbocycles.